The molecule has 1 unspecified atom stereocenters. The SMILES string of the molecule is CCCCCCCCCCCCCCC[P+](=O)O[C@H](CC(=O)OCc1ccccc1)C[N+](C)(C)C.F[B-](F)(F)F. The van der Waals surface area contributed by atoms with Crippen LogP contribution in [0, 0.1) is 0 Å². The Morgan fingerprint density at radius 3 is 1.73 bits per heavy atom. The average molecular weight is 597 g/mol. The Morgan fingerprint density at radius 1 is 0.825 bits per heavy atom. The van der Waals surface area contributed by atoms with Crippen LogP contribution < -0.4 is 0 Å². The molecule has 0 saturated heterocycles. The lowest BCUT2D eigenvalue weighted by molar-refractivity contribution is -0.873. The third-order valence-electron chi connectivity index (χ3n) is 6.10. The van der Waals surface area contributed by atoms with Crippen LogP contribution in [0.15, 0.2) is 30.3 Å². The van der Waals surface area contributed by atoms with Crippen LogP contribution in [0.4, 0.5) is 17.3 Å². The van der Waals surface area contributed by atoms with Crippen molar-refractivity contribution in [3.05, 3.63) is 35.9 Å². The van der Waals surface area contributed by atoms with Crippen LogP contribution in [0.3, 0.4) is 0 Å². The second-order valence-electron chi connectivity index (χ2n) is 11.3. The van der Waals surface area contributed by atoms with Gasteiger partial charge in [0.2, 0.25) is 0 Å². The number of hydrogen-bond donors (Lipinski definition) is 0. The maximum absolute atomic E-state index is 12.6. The molecule has 0 aliphatic rings. The van der Waals surface area contributed by atoms with Gasteiger partial charge in [0.15, 0.2) is 12.3 Å². The van der Waals surface area contributed by atoms with E-state index in [2.05, 4.69) is 6.92 Å². The van der Waals surface area contributed by atoms with E-state index in [1.807, 2.05) is 51.5 Å². The third kappa shape index (κ3) is 29.5. The molecule has 232 valence electrons. The van der Waals surface area contributed by atoms with Crippen LogP contribution in [0.2, 0.25) is 0 Å². The zero-order chi connectivity index (χ0) is 30.3. The second kappa shape index (κ2) is 23.1. The molecular formula is C29H52BF4NO4P+. The van der Waals surface area contributed by atoms with Crippen molar-refractivity contribution in [3.63, 3.8) is 0 Å². The Morgan fingerprint density at radius 2 is 1.27 bits per heavy atom. The molecule has 40 heavy (non-hydrogen) atoms. The van der Waals surface area contributed by atoms with E-state index in [4.69, 9.17) is 9.26 Å². The molecule has 0 N–H and O–H groups in total. The van der Waals surface area contributed by atoms with Crippen molar-refractivity contribution in [2.24, 2.45) is 0 Å². The summed E-state index contributed by atoms with van der Waals surface area (Å²) in [6.45, 7) is 3.13. The predicted molar refractivity (Wildman–Crippen MR) is 157 cm³/mol. The van der Waals surface area contributed by atoms with Crippen molar-refractivity contribution < 1.29 is 40.4 Å². The maximum atomic E-state index is 12.6. The molecule has 1 aromatic carbocycles. The van der Waals surface area contributed by atoms with Gasteiger partial charge in [-0.05, 0) is 23.0 Å². The molecule has 0 bridgehead atoms. The highest BCUT2D eigenvalue weighted by Crippen LogP contribution is 2.29. The van der Waals surface area contributed by atoms with Gasteiger partial charge in [0.05, 0.1) is 27.6 Å². The van der Waals surface area contributed by atoms with E-state index < -0.39 is 21.4 Å². The summed E-state index contributed by atoms with van der Waals surface area (Å²) in [6.07, 6.45) is 17.1. The van der Waals surface area contributed by atoms with Gasteiger partial charge in [-0.3, -0.25) is 4.79 Å². The Balaban J connectivity index is 0.00000277. The fourth-order valence-electron chi connectivity index (χ4n) is 4.21. The summed E-state index contributed by atoms with van der Waals surface area (Å²) in [5.74, 6) is -0.309. The zero-order valence-corrected chi connectivity index (χ0v) is 26.0. The van der Waals surface area contributed by atoms with Crippen LogP contribution in [0.5, 0.6) is 0 Å². The fraction of sp³-hybridized carbons (Fsp3) is 0.759. The van der Waals surface area contributed by atoms with Crippen molar-refractivity contribution in [2.45, 2.75) is 110 Å². The normalized spacial score (nSPS) is 12.8. The number of hydrogen-bond acceptors (Lipinski definition) is 4. The highest BCUT2D eigenvalue weighted by Gasteiger charge is 2.31. The van der Waals surface area contributed by atoms with E-state index in [0.717, 1.165) is 18.4 Å². The standard InChI is InChI=1S/C29H52NO4P.BF4/c1-5-6-7-8-9-10-11-12-13-14-15-16-20-23-35(32)34-28(25-30(2,3)4)24-29(31)33-26-27-21-18-17-19-22-27;2-1(3,4)5/h17-19,21-22,28H,5-16,20,23-26H2,1-4H3;/q+2;-1/t28-;/m1./s1. The molecule has 1 rings (SSSR count). The minimum Gasteiger partial charge on any atom is -0.461 e. The van der Waals surface area contributed by atoms with Crippen molar-refractivity contribution in [2.75, 3.05) is 33.8 Å². The number of nitrogens with zero attached hydrogens (tertiary/aromatic N) is 1. The van der Waals surface area contributed by atoms with Gasteiger partial charge >= 0.3 is 21.3 Å². The molecule has 0 spiro atoms. The fourth-order valence-corrected chi connectivity index (χ4v) is 5.27. The van der Waals surface area contributed by atoms with Gasteiger partial charge in [0.1, 0.15) is 13.2 Å². The molecule has 0 aliphatic carbocycles. The van der Waals surface area contributed by atoms with Crippen LogP contribution in [-0.4, -0.2) is 57.7 Å². The summed E-state index contributed by atoms with van der Waals surface area (Å²) < 4.78 is 63.5. The largest absolute Gasteiger partial charge is 0.673 e. The van der Waals surface area contributed by atoms with E-state index in [-0.39, 0.29) is 19.0 Å². The maximum Gasteiger partial charge on any atom is 0.673 e. The molecule has 0 radical (unpaired) electrons. The van der Waals surface area contributed by atoms with Crippen molar-refractivity contribution in [3.8, 4) is 0 Å². The predicted octanol–water partition coefficient (Wildman–Crippen LogP) is 9.34. The lowest BCUT2D eigenvalue weighted by atomic mass is 10.1. The minimum absolute atomic E-state index is 0.127. The zero-order valence-electron chi connectivity index (χ0n) is 25.1. The molecular weight excluding hydrogens is 544 g/mol. The molecule has 0 aromatic heterocycles. The number of rotatable bonds is 22. The highest BCUT2D eigenvalue weighted by molar-refractivity contribution is 7.39. The molecule has 11 heteroatoms. The van der Waals surface area contributed by atoms with Gasteiger partial charge < -0.3 is 26.5 Å². The van der Waals surface area contributed by atoms with E-state index in [1.54, 1.807) is 0 Å². The first-order chi connectivity index (χ1) is 18.8. The van der Waals surface area contributed by atoms with Gasteiger partial charge in [0.25, 0.3) is 0 Å². The quantitative estimate of drug-likeness (QED) is 0.0334. The average Bonchev–Trinajstić information content (AvgIpc) is 2.84. The van der Waals surface area contributed by atoms with E-state index in [9.17, 15) is 26.6 Å². The molecule has 0 amide bonds. The number of benzene rings is 1. The first-order valence-corrected chi connectivity index (χ1v) is 16.1. The van der Waals surface area contributed by atoms with Crippen LogP contribution in [-0.2, 0) is 25.2 Å². The van der Waals surface area contributed by atoms with Crippen LogP contribution >= 0.6 is 8.03 Å². The number of likely N-dealkylation sites (N-methyl/N-ethyl adjacent to an activating group) is 1. The lowest BCUT2D eigenvalue weighted by Gasteiger charge is -2.26. The van der Waals surface area contributed by atoms with E-state index in [1.165, 1.54) is 70.6 Å². The van der Waals surface area contributed by atoms with Gasteiger partial charge in [-0.2, -0.15) is 0 Å². The number of quaternary nitrogens is 1. The van der Waals surface area contributed by atoms with Crippen molar-refractivity contribution >= 4 is 21.3 Å². The molecule has 1 aromatic rings. The first kappa shape index (κ1) is 38.5. The topological polar surface area (TPSA) is 52.6 Å². The summed E-state index contributed by atoms with van der Waals surface area (Å²) in [5.41, 5.74) is 0.957. The Hall–Kier alpha value is -1.51. The van der Waals surface area contributed by atoms with Crippen molar-refractivity contribution in [1.82, 2.24) is 0 Å². The summed E-state index contributed by atoms with van der Waals surface area (Å²) in [5, 5.41) is 0. The van der Waals surface area contributed by atoms with Gasteiger partial charge in [-0.1, -0.05) is 108 Å². The highest BCUT2D eigenvalue weighted by atomic mass is 31.1. The Kier molecular flexibility index (Phi) is 22.2. The molecule has 5 nitrogen and oxygen atoms in total. The summed E-state index contributed by atoms with van der Waals surface area (Å²) >= 11 is 0. The first-order valence-electron chi connectivity index (χ1n) is 14.8. The van der Waals surface area contributed by atoms with Crippen LogP contribution in [0.25, 0.3) is 0 Å². The van der Waals surface area contributed by atoms with Gasteiger partial charge in [0, 0.05) is 0 Å². The number of halogens is 4. The Bertz CT molecular complexity index is 774. The number of unbranched alkanes of at least 4 members (excludes halogenated alkanes) is 12. The summed E-state index contributed by atoms with van der Waals surface area (Å²) in [6, 6.07) is 9.64. The van der Waals surface area contributed by atoms with E-state index >= 15 is 0 Å². The molecule has 2 atom stereocenters. The summed E-state index contributed by atoms with van der Waals surface area (Å²) in [4.78, 5) is 12.4. The third-order valence-corrected chi connectivity index (χ3v) is 7.31. The molecule has 0 saturated carbocycles. The monoisotopic (exact) mass is 596 g/mol. The van der Waals surface area contributed by atoms with E-state index in [0.29, 0.717) is 17.2 Å². The summed E-state index contributed by atoms with van der Waals surface area (Å²) in [7, 11) is -1.62. The molecule has 0 fully saturated rings. The van der Waals surface area contributed by atoms with Gasteiger partial charge in [-0.15, -0.1) is 4.52 Å². The van der Waals surface area contributed by atoms with Crippen molar-refractivity contribution in [1.29, 1.82) is 0 Å². The Labute approximate surface area is 240 Å². The second-order valence-corrected chi connectivity index (χ2v) is 12.7. The van der Waals surface area contributed by atoms with Gasteiger partial charge in [-0.25, -0.2) is 0 Å². The smallest absolute Gasteiger partial charge is 0.461 e. The minimum atomic E-state index is -6.00. The number of ether oxygens (including phenoxy) is 1. The van der Waals surface area contributed by atoms with Crippen LogP contribution in [0.1, 0.15) is 102 Å². The number of carbonyl (C=O) groups excluding carboxylic acids is 1. The molecule has 0 aliphatic heterocycles. The number of esters is 1. The molecule has 0 heterocycles. The lowest BCUT2D eigenvalue weighted by Crippen LogP contribution is -2.42. The number of carbonyl (C=O) groups is 1.